The van der Waals surface area contributed by atoms with E-state index in [9.17, 15) is 14.4 Å². The van der Waals surface area contributed by atoms with Gasteiger partial charge in [-0.3, -0.25) is 14.4 Å². The van der Waals surface area contributed by atoms with Crippen LogP contribution in [-0.4, -0.2) is 35.0 Å². The molecule has 0 saturated carbocycles. The van der Waals surface area contributed by atoms with Crippen LogP contribution in [0, 0.1) is 5.92 Å². The van der Waals surface area contributed by atoms with Gasteiger partial charge >= 0.3 is 0 Å². The van der Waals surface area contributed by atoms with E-state index >= 15 is 0 Å². The number of hydrogen-bond acceptors (Lipinski definition) is 4. The Hall–Kier alpha value is -4.25. The summed E-state index contributed by atoms with van der Waals surface area (Å²) in [6, 6.07) is 26.0. The van der Waals surface area contributed by atoms with Crippen LogP contribution in [0.4, 0.5) is 5.69 Å². The highest BCUT2D eigenvalue weighted by atomic mass is 16.1. The molecule has 0 N–H and O–H groups in total. The number of ketones is 3. The Morgan fingerprint density at radius 2 is 1.29 bits per heavy atom. The lowest BCUT2D eigenvalue weighted by Crippen LogP contribution is -2.19. The molecule has 1 unspecified atom stereocenters. The molecule has 5 rings (SSSR count). The van der Waals surface area contributed by atoms with Crippen molar-refractivity contribution in [1.29, 1.82) is 0 Å². The molecule has 1 fully saturated rings. The molecule has 0 radical (unpaired) electrons. The highest BCUT2D eigenvalue weighted by molar-refractivity contribution is 6.09. The van der Waals surface area contributed by atoms with E-state index in [0.29, 0.717) is 34.7 Å². The Morgan fingerprint density at radius 3 is 1.79 bits per heavy atom. The average Bonchev–Trinajstić information content (AvgIpc) is 3.57. The largest absolute Gasteiger partial charge is 0.371 e. The molecule has 3 aromatic carbocycles. The number of anilines is 1. The predicted octanol–water partition coefficient (Wildman–Crippen LogP) is 5.95. The third-order valence-corrected chi connectivity index (χ3v) is 7.37. The van der Waals surface area contributed by atoms with Crippen molar-refractivity contribution in [3.05, 3.63) is 125 Å². The molecule has 0 aliphatic carbocycles. The number of aromatic nitrogens is 1. The van der Waals surface area contributed by atoms with Gasteiger partial charge in [0.05, 0.1) is 5.69 Å². The summed E-state index contributed by atoms with van der Waals surface area (Å²) in [7, 11) is 1.85. The zero-order chi connectivity index (χ0) is 26.6. The van der Waals surface area contributed by atoms with Gasteiger partial charge in [0, 0.05) is 61.6 Å². The monoisotopic (exact) mass is 504 g/mol. The predicted molar refractivity (Wildman–Crippen MR) is 150 cm³/mol. The normalized spacial score (nSPS) is 15.0. The molecule has 1 saturated heterocycles. The first-order chi connectivity index (χ1) is 18.4. The van der Waals surface area contributed by atoms with Crippen LogP contribution >= 0.6 is 0 Å². The fraction of sp³-hybridized carbons (Fsp3) is 0.242. The van der Waals surface area contributed by atoms with Crippen LogP contribution in [0.3, 0.4) is 0 Å². The van der Waals surface area contributed by atoms with Gasteiger partial charge in [0.2, 0.25) is 0 Å². The molecule has 0 amide bonds. The Morgan fingerprint density at radius 1 is 0.737 bits per heavy atom. The second kappa shape index (κ2) is 11.0. The van der Waals surface area contributed by atoms with Crippen molar-refractivity contribution in [2.24, 2.45) is 13.0 Å². The van der Waals surface area contributed by atoms with E-state index in [-0.39, 0.29) is 23.8 Å². The van der Waals surface area contributed by atoms with Crippen molar-refractivity contribution in [1.82, 2.24) is 4.57 Å². The van der Waals surface area contributed by atoms with Crippen LogP contribution in [0.15, 0.2) is 91.1 Å². The van der Waals surface area contributed by atoms with Gasteiger partial charge in [-0.25, -0.2) is 0 Å². The number of rotatable bonds is 9. The molecule has 5 nitrogen and oxygen atoms in total. The molecule has 1 aliphatic heterocycles. The molecule has 0 bridgehead atoms. The van der Waals surface area contributed by atoms with Gasteiger partial charge in [-0.05, 0) is 59.9 Å². The fourth-order valence-electron chi connectivity index (χ4n) is 5.06. The summed E-state index contributed by atoms with van der Waals surface area (Å²) < 4.78 is 1.81. The van der Waals surface area contributed by atoms with Gasteiger partial charge in [0.1, 0.15) is 0 Å². The molecular weight excluding hydrogens is 472 g/mol. The summed E-state index contributed by atoms with van der Waals surface area (Å²) in [5.74, 6) is 0.723. The zero-order valence-corrected chi connectivity index (χ0v) is 21.9. The lowest BCUT2D eigenvalue weighted by Gasteiger charge is -2.18. The van der Waals surface area contributed by atoms with Crippen LogP contribution in [0.2, 0.25) is 0 Å². The number of carbonyl (C=O) groups is 3. The Labute approximate surface area is 223 Å². The number of nitrogens with zero attached hydrogens (tertiary/aromatic N) is 2. The summed E-state index contributed by atoms with van der Waals surface area (Å²) in [6.45, 7) is 4.40. The first kappa shape index (κ1) is 25.4. The lowest BCUT2D eigenvalue weighted by atomic mass is 9.97. The summed E-state index contributed by atoms with van der Waals surface area (Å²) in [5, 5.41) is 0. The van der Waals surface area contributed by atoms with Gasteiger partial charge in [-0.2, -0.15) is 0 Å². The van der Waals surface area contributed by atoms with Crippen molar-refractivity contribution in [2.45, 2.75) is 26.2 Å². The van der Waals surface area contributed by atoms with Gasteiger partial charge < -0.3 is 9.47 Å². The Kier molecular flexibility index (Phi) is 7.36. The second-order valence-corrected chi connectivity index (χ2v) is 10.3. The number of benzene rings is 3. The average molecular weight is 505 g/mol. The van der Waals surface area contributed by atoms with E-state index in [4.69, 9.17) is 0 Å². The third-order valence-electron chi connectivity index (χ3n) is 7.37. The van der Waals surface area contributed by atoms with Crippen LogP contribution in [0.25, 0.3) is 0 Å². The minimum Gasteiger partial charge on any atom is -0.371 e. The van der Waals surface area contributed by atoms with E-state index in [1.54, 1.807) is 24.3 Å². The summed E-state index contributed by atoms with van der Waals surface area (Å²) in [4.78, 5) is 40.7. The number of carbonyl (C=O) groups excluding carboxylic acids is 3. The van der Waals surface area contributed by atoms with Crippen molar-refractivity contribution in [3.63, 3.8) is 0 Å². The molecular formula is C33H32N2O3. The quantitative estimate of drug-likeness (QED) is 0.264. The standard InChI is InChI=1S/C33H32N2O3/c1-23-17-19-35(22-23)29-15-13-26(14-16-29)31(36)20-24-5-9-27(10-6-24)33(38)28-11-7-25(8-12-28)21-32(37)30-4-3-18-34(30)2/h3-16,18,23H,17,19-22H2,1-2H3. The topological polar surface area (TPSA) is 59.4 Å². The van der Waals surface area contributed by atoms with E-state index in [1.165, 1.54) is 12.1 Å². The van der Waals surface area contributed by atoms with Crippen LogP contribution in [0.1, 0.15) is 61.2 Å². The lowest BCUT2D eigenvalue weighted by molar-refractivity contribution is 0.0980. The highest BCUT2D eigenvalue weighted by Crippen LogP contribution is 2.24. The molecule has 4 aromatic rings. The minimum absolute atomic E-state index is 0.0406. The Balaban J connectivity index is 1.18. The van der Waals surface area contributed by atoms with Gasteiger partial charge in [-0.1, -0.05) is 55.5 Å². The molecule has 1 atom stereocenters. The van der Waals surface area contributed by atoms with E-state index in [2.05, 4.69) is 11.8 Å². The summed E-state index contributed by atoms with van der Waals surface area (Å²) >= 11 is 0. The number of hydrogen-bond donors (Lipinski definition) is 0. The van der Waals surface area contributed by atoms with Crippen LogP contribution < -0.4 is 4.90 Å². The number of Topliss-reactive ketones (excluding diaryl/α,β-unsaturated/α-hetero) is 2. The molecule has 0 spiro atoms. The third kappa shape index (κ3) is 5.67. The number of aryl methyl sites for hydroxylation is 1. The van der Waals surface area contributed by atoms with Crippen molar-refractivity contribution in [3.8, 4) is 0 Å². The first-order valence-electron chi connectivity index (χ1n) is 13.1. The Bertz CT molecular complexity index is 1450. The van der Waals surface area contributed by atoms with Crippen molar-refractivity contribution < 1.29 is 14.4 Å². The SMILES string of the molecule is CC1CCN(c2ccc(C(=O)Cc3ccc(C(=O)c4ccc(CC(=O)c5cccn5C)cc4)cc3)cc2)C1. The fourth-order valence-corrected chi connectivity index (χ4v) is 5.06. The van der Waals surface area contributed by atoms with Crippen molar-refractivity contribution in [2.75, 3.05) is 18.0 Å². The smallest absolute Gasteiger partial charge is 0.193 e. The molecule has 5 heteroatoms. The molecule has 38 heavy (non-hydrogen) atoms. The molecule has 1 aromatic heterocycles. The van der Waals surface area contributed by atoms with Crippen LogP contribution in [0.5, 0.6) is 0 Å². The maximum Gasteiger partial charge on any atom is 0.193 e. The van der Waals surface area contributed by atoms with Gasteiger partial charge in [0.15, 0.2) is 17.3 Å². The van der Waals surface area contributed by atoms with Crippen LogP contribution in [-0.2, 0) is 19.9 Å². The second-order valence-electron chi connectivity index (χ2n) is 10.3. The van der Waals surface area contributed by atoms with Crippen molar-refractivity contribution >= 4 is 23.0 Å². The maximum absolute atomic E-state index is 13.0. The van der Waals surface area contributed by atoms with Gasteiger partial charge in [0.25, 0.3) is 0 Å². The molecule has 1 aliphatic rings. The zero-order valence-electron chi connectivity index (χ0n) is 21.9. The molecule has 192 valence electrons. The summed E-state index contributed by atoms with van der Waals surface area (Å²) in [6.07, 6.45) is 3.64. The van der Waals surface area contributed by atoms with E-state index < -0.39 is 0 Å². The minimum atomic E-state index is -0.0880. The first-order valence-corrected chi connectivity index (χ1v) is 13.1. The van der Waals surface area contributed by atoms with E-state index in [1.807, 2.05) is 78.5 Å². The maximum atomic E-state index is 13.0. The van der Waals surface area contributed by atoms with E-state index in [0.717, 1.165) is 24.2 Å². The highest BCUT2D eigenvalue weighted by Gasteiger charge is 2.19. The van der Waals surface area contributed by atoms with Gasteiger partial charge in [-0.15, -0.1) is 0 Å². The summed E-state index contributed by atoms with van der Waals surface area (Å²) in [5.41, 5.74) is 5.41. The molecule has 2 heterocycles.